The molecule has 0 spiro atoms. The first-order valence-electron chi connectivity index (χ1n) is 12.4. The van der Waals surface area contributed by atoms with E-state index in [2.05, 4.69) is 0 Å². The van der Waals surface area contributed by atoms with Crippen LogP contribution in [-0.4, -0.2) is 119 Å². The van der Waals surface area contributed by atoms with Crippen molar-refractivity contribution in [1.29, 1.82) is 0 Å². The van der Waals surface area contributed by atoms with Gasteiger partial charge in [-0.25, -0.2) is 4.79 Å². The van der Waals surface area contributed by atoms with Gasteiger partial charge in [0.1, 0.15) is 32.4 Å². The molecule has 0 aliphatic rings. The largest absolute Gasteiger partial charge is 0.465 e. The van der Waals surface area contributed by atoms with Crippen LogP contribution in [0.1, 0.15) is 47.5 Å². The second kappa shape index (κ2) is 18.3. The molecule has 0 aliphatic carbocycles. The van der Waals surface area contributed by atoms with E-state index in [1.807, 2.05) is 0 Å². The normalized spacial score (nSPS) is 14.8. The number of carbonyl (C=O) groups excluding carboxylic acids is 3. The molecule has 0 fully saturated rings. The first-order valence-corrected chi connectivity index (χ1v) is 12.4. The number of nitrogens with zero attached hydrogens (tertiary/aromatic N) is 1. The Morgan fingerprint density at radius 1 is 0.711 bits per heavy atom. The van der Waals surface area contributed by atoms with Crippen LogP contribution < -0.4 is 0 Å². The van der Waals surface area contributed by atoms with Crippen molar-refractivity contribution >= 4 is 18.0 Å². The second-order valence-electron chi connectivity index (χ2n) is 10.7. The molecule has 0 bridgehead atoms. The molecule has 38 heavy (non-hydrogen) atoms. The monoisotopic (exact) mass is 553 g/mol. The lowest BCUT2D eigenvalue weighted by Crippen LogP contribution is -2.40. The number of methoxy groups -OCH3 is 2. The highest BCUT2D eigenvalue weighted by molar-refractivity contribution is 5.73. The predicted molar refractivity (Wildman–Crippen MR) is 135 cm³/mol. The Hall–Kier alpha value is -2.03. The van der Waals surface area contributed by atoms with E-state index in [1.54, 1.807) is 34.6 Å². The summed E-state index contributed by atoms with van der Waals surface area (Å²) in [7, 11) is 2.96. The fourth-order valence-electron chi connectivity index (χ4n) is 3.00. The Morgan fingerprint density at radius 3 is 1.68 bits per heavy atom. The molecule has 0 saturated carbocycles. The summed E-state index contributed by atoms with van der Waals surface area (Å²) in [5, 5.41) is 18.5. The maximum atomic E-state index is 12.7. The molecule has 224 valence electrons. The van der Waals surface area contributed by atoms with Gasteiger partial charge in [-0.2, -0.15) is 0 Å². The van der Waals surface area contributed by atoms with E-state index >= 15 is 0 Å². The lowest BCUT2D eigenvalue weighted by Gasteiger charge is -2.29. The zero-order chi connectivity index (χ0) is 29.2. The van der Waals surface area contributed by atoms with Crippen LogP contribution in [0.5, 0.6) is 0 Å². The smallest absolute Gasteiger partial charge is 0.410 e. The van der Waals surface area contributed by atoms with Crippen LogP contribution in [0, 0.1) is 10.8 Å². The van der Waals surface area contributed by atoms with Crippen LogP contribution in [0.25, 0.3) is 0 Å². The van der Waals surface area contributed by atoms with Gasteiger partial charge in [-0.1, -0.05) is 13.8 Å². The first kappa shape index (κ1) is 36.0. The SMILES string of the molecule is COCOCC(C)(COCO)COC(=O)CCN(CCC(=O)OCC(C)(CO)COC)C(=O)OC(C)(C)C. The number of hydrogen-bond donors (Lipinski definition) is 2. The van der Waals surface area contributed by atoms with Crippen molar-refractivity contribution in [3.8, 4) is 0 Å². The van der Waals surface area contributed by atoms with Gasteiger partial charge in [-0.15, -0.1) is 0 Å². The van der Waals surface area contributed by atoms with E-state index in [4.69, 9.17) is 38.3 Å². The number of amides is 1. The van der Waals surface area contributed by atoms with E-state index in [0.29, 0.717) is 0 Å². The molecule has 0 rings (SSSR count). The third kappa shape index (κ3) is 16.7. The Kier molecular flexibility index (Phi) is 17.3. The average molecular weight is 554 g/mol. The van der Waals surface area contributed by atoms with Crippen molar-refractivity contribution in [2.45, 2.75) is 53.1 Å². The second-order valence-corrected chi connectivity index (χ2v) is 10.7. The molecule has 13 heteroatoms. The Bertz CT molecular complexity index is 698. The van der Waals surface area contributed by atoms with Gasteiger partial charge in [0.25, 0.3) is 0 Å². The molecule has 0 aliphatic heterocycles. The molecule has 0 aromatic rings. The van der Waals surface area contributed by atoms with Gasteiger partial charge in [0.15, 0.2) is 0 Å². The van der Waals surface area contributed by atoms with Crippen LogP contribution in [0.4, 0.5) is 4.79 Å². The number of aliphatic hydroxyl groups is 2. The average Bonchev–Trinajstić information content (AvgIpc) is 2.84. The molecule has 0 heterocycles. The van der Waals surface area contributed by atoms with Gasteiger partial charge >= 0.3 is 18.0 Å². The molecule has 0 saturated heterocycles. The summed E-state index contributed by atoms with van der Waals surface area (Å²) in [6.45, 7) is 8.13. The maximum Gasteiger partial charge on any atom is 0.410 e. The first-order chi connectivity index (χ1) is 17.7. The number of rotatable bonds is 20. The highest BCUT2D eigenvalue weighted by Gasteiger charge is 2.29. The van der Waals surface area contributed by atoms with Crippen LogP contribution in [0.15, 0.2) is 0 Å². The molecule has 2 unspecified atom stereocenters. The van der Waals surface area contributed by atoms with Gasteiger partial charge in [0.05, 0.1) is 39.3 Å². The quantitative estimate of drug-likeness (QED) is 0.0965. The number of esters is 2. The highest BCUT2D eigenvalue weighted by Crippen LogP contribution is 2.19. The minimum absolute atomic E-state index is 0.0432. The molecule has 2 N–H and O–H groups in total. The fourth-order valence-corrected chi connectivity index (χ4v) is 3.00. The summed E-state index contributed by atoms with van der Waals surface area (Å²) < 4.78 is 36.4. The summed E-state index contributed by atoms with van der Waals surface area (Å²) in [5.41, 5.74) is -2.27. The number of ether oxygens (including phenoxy) is 7. The highest BCUT2D eigenvalue weighted by atomic mass is 16.7. The van der Waals surface area contributed by atoms with E-state index in [9.17, 15) is 19.5 Å². The van der Waals surface area contributed by atoms with Gasteiger partial charge in [-0.05, 0) is 20.8 Å². The predicted octanol–water partition coefficient (Wildman–Crippen LogP) is 1.33. The molecule has 13 nitrogen and oxygen atoms in total. The molecule has 0 aromatic carbocycles. The minimum Gasteiger partial charge on any atom is -0.465 e. The summed E-state index contributed by atoms with van der Waals surface area (Å²) in [4.78, 5) is 38.7. The van der Waals surface area contributed by atoms with Crippen LogP contribution in [0.3, 0.4) is 0 Å². The lowest BCUT2D eigenvalue weighted by molar-refractivity contribution is -0.155. The van der Waals surface area contributed by atoms with Crippen LogP contribution in [0.2, 0.25) is 0 Å². The van der Waals surface area contributed by atoms with E-state index in [0.717, 1.165) is 0 Å². The summed E-state index contributed by atoms with van der Waals surface area (Å²) in [5.74, 6) is -1.16. The lowest BCUT2D eigenvalue weighted by atomic mass is 9.94. The minimum atomic E-state index is -0.782. The van der Waals surface area contributed by atoms with Crippen molar-refractivity contribution in [2.75, 3.05) is 80.5 Å². The number of carbonyl (C=O) groups is 3. The number of hydrogen-bond acceptors (Lipinski definition) is 12. The molecular formula is C25H47NO12. The molecule has 1 amide bonds. The van der Waals surface area contributed by atoms with Gasteiger partial charge in [0.2, 0.25) is 0 Å². The summed E-state index contributed by atoms with van der Waals surface area (Å²) >= 11 is 0. The third-order valence-electron chi connectivity index (χ3n) is 5.05. The Morgan fingerprint density at radius 2 is 1.24 bits per heavy atom. The number of aliphatic hydroxyl groups excluding tert-OH is 2. The third-order valence-corrected chi connectivity index (χ3v) is 5.05. The van der Waals surface area contributed by atoms with E-state index in [1.165, 1.54) is 19.1 Å². The summed E-state index contributed by atoms with van der Waals surface area (Å²) in [6.07, 6.45) is -0.983. The molecule has 0 aromatic heterocycles. The van der Waals surface area contributed by atoms with Crippen molar-refractivity contribution in [3.63, 3.8) is 0 Å². The Balaban J connectivity index is 5.02. The van der Waals surface area contributed by atoms with Crippen molar-refractivity contribution in [1.82, 2.24) is 4.90 Å². The zero-order valence-corrected chi connectivity index (χ0v) is 23.9. The zero-order valence-electron chi connectivity index (χ0n) is 23.9. The summed E-state index contributed by atoms with van der Waals surface area (Å²) in [6, 6.07) is 0. The molecule has 0 radical (unpaired) electrons. The van der Waals surface area contributed by atoms with Crippen molar-refractivity contribution in [3.05, 3.63) is 0 Å². The topological polar surface area (TPSA) is 160 Å². The van der Waals surface area contributed by atoms with Gasteiger partial charge in [0, 0.05) is 38.1 Å². The maximum absolute atomic E-state index is 12.7. The van der Waals surface area contributed by atoms with Gasteiger partial charge in [-0.3, -0.25) is 9.59 Å². The molecule has 2 atom stereocenters. The fraction of sp³-hybridized carbons (Fsp3) is 0.880. The Labute approximate surface area is 225 Å². The van der Waals surface area contributed by atoms with Crippen molar-refractivity contribution < 1.29 is 57.8 Å². The van der Waals surface area contributed by atoms with Crippen LogP contribution in [-0.2, 0) is 42.7 Å². The van der Waals surface area contributed by atoms with Crippen LogP contribution >= 0.6 is 0 Å². The standard InChI is InChI=1S/C25H47NO12/c1-23(2,3)38-22(31)26(10-8-20(29)36-16-24(4,12-27)13-32-6)11-9-21(30)37-17-25(5,14-34-18-28)15-35-19-33-7/h27-28H,8-19H2,1-7H3. The van der Waals surface area contributed by atoms with Gasteiger partial charge < -0.3 is 48.3 Å². The van der Waals surface area contributed by atoms with E-state index in [-0.39, 0.29) is 72.4 Å². The van der Waals surface area contributed by atoms with Crippen molar-refractivity contribution in [2.24, 2.45) is 10.8 Å². The van der Waals surface area contributed by atoms with E-state index < -0.39 is 41.3 Å². The molecular weight excluding hydrogens is 506 g/mol.